The molecular weight excluding hydrogens is 328 g/mol. The van der Waals surface area contributed by atoms with Crippen LogP contribution in [-0.2, 0) is 11.3 Å². The summed E-state index contributed by atoms with van der Waals surface area (Å²) in [4.78, 5) is 17.7. The van der Waals surface area contributed by atoms with Gasteiger partial charge in [-0.2, -0.15) is 5.26 Å². The van der Waals surface area contributed by atoms with Gasteiger partial charge in [-0.3, -0.25) is 4.90 Å². The third-order valence-corrected chi connectivity index (χ3v) is 3.11. The fourth-order valence-electron chi connectivity index (χ4n) is 1.99. The van der Waals surface area contributed by atoms with Crippen molar-refractivity contribution in [2.45, 2.75) is 32.9 Å². The molecule has 0 aliphatic rings. The highest BCUT2D eigenvalue weighted by Gasteiger charge is 2.25. The van der Waals surface area contributed by atoms with E-state index in [4.69, 9.17) is 10.00 Å². The van der Waals surface area contributed by atoms with Crippen LogP contribution >= 0.6 is 0 Å². The zero-order valence-electron chi connectivity index (χ0n) is 14.1. The predicted molar refractivity (Wildman–Crippen MR) is 87.7 cm³/mol. The standard InChI is InChI=1S/C18H17F2N3O2/c1-18(2,3)25-17(24)23(16-7-4-12(9-21)10-22-16)11-13-5-6-14(19)8-15(13)20/h4-8,10H,11H2,1-3H3. The number of benzene rings is 1. The number of nitrogens with zero attached hydrogens (tertiary/aromatic N) is 3. The van der Waals surface area contributed by atoms with Crippen LogP contribution in [0, 0.1) is 23.0 Å². The van der Waals surface area contributed by atoms with Crippen molar-refractivity contribution in [2.75, 3.05) is 4.90 Å². The second kappa shape index (κ2) is 7.26. The molecule has 0 N–H and O–H groups in total. The molecule has 0 fully saturated rings. The Hall–Kier alpha value is -3.01. The molecule has 1 amide bonds. The van der Waals surface area contributed by atoms with Crippen LogP contribution in [-0.4, -0.2) is 16.7 Å². The number of hydrogen-bond acceptors (Lipinski definition) is 4. The minimum atomic E-state index is -0.776. The van der Waals surface area contributed by atoms with Crippen LogP contribution < -0.4 is 4.90 Å². The molecule has 0 atom stereocenters. The van der Waals surface area contributed by atoms with Gasteiger partial charge < -0.3 is 4.74 Å². The monoisotopic (exact) mass is 345 g/mol. The number of anilines is 1. The van der Waals surface area contributed by atoms with E-state index in [1.165, 1.54) is 24.4 Å². The van der Waals surface area contributed by atoms with Gasteiger partial charge in [-0.15, -0.1) is 0 Å². The fraction of sp³-hybridized carbons (Fsp3) is 0.278. The van der Waals surface area contributed by atoms with Crippen LogP contribution in [0.3, 0.4) is 0 Å². The fourth-order valence-corrected chi connectivity index (χ4v) is 1.99. The van der Waals surface area contributed by atoms with Crippen LogP contribution in [0.2, 0.25) is 0 Å². The number of nitriles is 1. The van der Waals surface area contributed by atoms with Crippen molar-refractivity contribution in [2.24, 2.45) is 0 Å². The Bertz CT molecular complexity index is 809. The molecule has 1 aromatic heterocycles. The van der Waals surface area contributed by atoms with Crippen molar-refractivity contribution < 1.29 is 18.3 Å². The summed E-state index contributed by atoms with van der Waals surface area (Å²) < 4.78 is 32.4. The van der Waals surface area contributed by atoms with E-state index in [-0.39, 0.29) is 17.9 Å². The molecule has 2 rings (SSSR count). The van der Waals surface area contributed by atoms with E-state index >= 15 is 0 Å². The lowest BCUT2D eigenvalue weighted by atomic mass is 10.2. The summed E-state index contributed by atoms with van der Waals surface area (Å²) in [6.45, 7) is 4.91. The molecule has 130 valence electrons. The second-order valence-corrected chi connectivity index (χ2v) is 6.32. The zero-order valence-corrected chi connectivity index (χ0v) is 14.1. The Morgan fingerprint density at radius 3 is 2.52 bits per heavy atom. The summed E-state index contributed by atoms with van der Waals surface area (Å²) in [5.41, 5.74) is -0.331. The Morgan fingerprint density at radius 1 is 1.28 bits per heavy atom. The summed E-state index contributed by atoms with van der Waals surface area (Å²) >= 11 is 0. The molecule has 0 saturated carbocycles. The molecule has 7 heteroatoms. The summed E-state index contributed by atoms with van der Waals surface area (Å²) in [5.74, 6) is -1.29. The molecule has 1 heterocycles. The predicted octanol–water partition coefficient (Wildman–Crippen LogP) is 4.17. The number of ether oxygens (including phenoxy) is 1. The van der Waals surface area contributed by atoms with Crippen molar-refractivity contribution in [3.63, 3.8) is 0 Å². The van der Waals surface area contributed by atoms with Gasteiger partial charge in [0.05, 0.1) is 12.1 Å². The molecule has 0 spiro atoms. The van der Waals surface area contributed by atoms with E-state index < -0.39 is 23.3 Å². The van der Waals surface area contributed by atoms with Crippen molar-refractivity contribution in [1.29, 1.82) is 5.26 Å². The quantitative estimate of drug-likeness (QED) is 0.837. The molecule has 25 heavy (non-hydrogen) atoms. The molecule has 0 radical (unpaired) electrons. The van der Waals surface area contributed by atoms with Gasteiger partial charge in [0.1, 0.15) is 29.1 Å². The van der Waals surface area contributed by atoms with Crippen molar-refractivity contribution in [3.8, 4) is 6.07 Å². The number of carbonyl (C=O) groups is 1. The summed E-state index contributed by atoms with van der Waals surface area (Å²) in [7, 11) is 0. The molecule has 1 aromatic carbocycles. The van der Waals surface area contributed by atoms with E-state index in [2.05, 4.69) is 4.98 Å². The number of carbonyl (C=O) groups excluding carboxylic acids is 1. The molecule has 0 saturated heterocycles. The average Bonchev–Trinajstić information content (AvgIpc) is 2.52. The molecule has 0 aliphatic heterocycles. The van der Waals surface area contributed by atoms with Gasteiger partial charge in [0.25, 0.3) is 0 Å². The third-order valence-electron chi connectivity index (χ3n) is 3.11. The maximum atomic E-state index is 14.0. The Morgan fingerprint density at radius 2 is 2.00 bits per heavy atom. The van der Waals surface area contributed by atoms with Crippen molar-refractivity contribution in [1.82, 2.24) is 4.98 Å². The van der Waals surface area contributed by atoms with Gasteiger partial charge in [-0.05, 0) is 39.0 Å². The first kappa shape index (κ1) is 18.3. The number of halogens is 2. The maximum Gasteiger partial charge on any atom is 0.416 e. The van der Waals surface area contributed by atoms with Gasteiger partial charge in [0.2, 0.25) is 0 Å². The first-order valence-electron chi connectivity index (χ1n) is 7.50. The van der Waals surface area contributed by atoms with Crippen molar-refractivity contribution >= 4 is 11.9 Å². The Balaban J connectivity index is 2.37. The number of aromatic nitrogens is 1. The van der Waals surface area contributed by atoms with Crippen LogP contribution in [0.1, 0.15) is 31.9 Å². The van der Waals surface area contributed by atoms with E-state index in [9.17, 15) is 13.6 Å². The lowest BCUT2D eigenvalue weighted by Crippen LogP contribution is -2.37. The van der Waals surface area contributed by atoms with E-state index in [0.29, 0.717) is 5.56 Å². The van der Waals surface area contributed by atoms with Crippen LogP contribution in [0.5, 0.6) is 0 Å². The number of hydrogen-bond donors (Lipinski definition) is 0. The second-order valence-electron chi connectivity index (χ2n) is 6.32. The molecule has 0 unspecified atom stereocenters. The first-order valence-corrected chi connectivity index (χ1v) is 7.50. The highest BCUT2D eigenvalue weighted by Crippen LogP contribution is 2.21. The lowest BCUT2D eigenvalue weighted by molar-refractivity contribution is 0.0576. The van der Waals surface area contributed by atoms with E-state index in [1.54, 1.807) is 20.8 Å². The van der Waals surface area contributed by atoms with E-state index in [1.807, 2.05) is 6.07 Å². The summed E-state index contributed by atoms with van der Waals surface area (Å²) in [5, 5.41) is 8.85. The van der Waals surface area contributed by atoms with Gasteiger partial charge in [-0.25, -0.2) is 18.6 Å². The topological polar surface area (TPSA) is 66.2 Å². The SMILES string of the molecule is CC(C)(C)OC(=O)N(Cc1ccc(F)cc1F)c1ccc(C#N)cn1. The normalized spacial score (nSPS) is 10.9. The Kier molecular flexibility index (Phi) is 5.32. The Labute approximate surface area is 144 Å². The highest BCUT2D eigenvalue weighted by atomic mass is 19.1. The van der Waals surface area contributed by atoms with Crippen LogP contribution in [0.15, 0.2) is 36.5 Å². The number of pyridine rings is 1. The maximum absolute atomic E-state index is 14.0. The average molecular weight is 345 g/mol. The molecular formula is C18H17F2N3O2. The van der Waals surface area contributed by atoms with Gasteiger partial charge in [0, 0.05) is 17.8 Å². The minimum absolute atomic E-state index is 0.110. The van der Waals surface area contributed by atoms with Crippen LogP contribution in [0.25, 0.3) is 0 Å². The molecule has 5 nitrogen and oxygen atoms in total. The first-order chi connectivity index (χ1) is 11.7. The highest BCUT2D eigenvalue weighted by molar-refractivity contribution is 5.86. The summed E-state index contributed by atoms with van der Waals surface area (Å²) in [6, 6.07) is 7.99. The van der Waals surface area contributed by atoms with Gasteiger partial charge in [0.15, 0.2) is 0 Å². The van der Waals surface area contributed by atoms with Gasteiger partial charge >= 0.3 is 6.09 Å². The third kappa shape index (κ3) is 4.98. The molecule has 2 aromatic rings. The number of amides is 1. The largest absolute Gasteiger partial charge is 0.443 e. The molecule has 0 aliphatic carbocycles. The van der Waals surface area contributed by atoms with Gasteiger partial charge in [-0.1, -0.05) is 6.07 Å². The van der Waals surface area contributed by atoms with E-state index in [0.717, 1.165) is 17.0 Å². The lowest BCUT2D eigenvalue weighted by Gasteiger charge is -2.27. The summed E-state index contributed by atoms with van der Waals surface area (Å²) in [6.07, 6.45) is 0.571. The zero-order chi connectivity index (χ0) is 18.6. The number of rotatable bonds is 3. The molecule has 0 bridgehead atoms. The minimum Gasteiger partial charge on any atom is -0.443 e. The smallest absolute Gasteiger partial charge is 0.416 e. The van der Waals surface area contributed by atoms with Crippen LogP contribution in [0.4, 0.5) is 19.4 Å². The van der Waals surface area contributed by atoms with Crippen molar-refractivity contribution in [3.05, 3.63) is 59.3 Å².